The number of nitrogens with zero attached hydrogens (tertiary/aromatic N) is 1. The molecule has 0 radical (unpaired) electrons. The van der Waals surface area contributed by atoms with Crippen LogP contribution in [0, 0.1) is 0 Å². The van der Waals surface area contributed by atoms with E-state index in [1.54, 1.807) is 12.3 Å². The lowest BCUT2D eigenvalue weighted by atomic mass is 10.1. The van der Waals surface area contributed by atoms with Crippen molar-refractivity contribution < 1.29 is 13.2 Å². The summed E-state index contributed by atoms with van der Waals surface area (Å²) in [5.41, 5.74) is 0.947. The number of hydrogen-bond acceptors (Lipinski definition) is 5. The maximum Gasteiger partial charge on any atom is 0.258 e. The van der Waals surface area contributed by atoms with Crippen molar-refractivity contribution in [2.24, 2.45) is 0 Å². The van der Waals surface area contributed by atoms with E-state index in [9.17, 15) is 8.42 Å². The number of pyridine rings is 1. The Kier molecular flexibility index (Phi) is 4.87. The molecule has 1 saturated heterocycles. The first-order chi connectivity index (χ1) is 9.12. The van der Waals surface area contributed by atoms with E-state index in [1.165, 1.54) is 6.07 Å². The highest BCUT2D eigenvalue weighted by Gasteiger charge is 2.23. The molecule has 1 unspecified atom stereocenters. The zero-order valence-electron chi connectivity index (χ0n) is 10.9. The van der Waals surface area contributed by atoms with Crippen molar-refractivity contribution in [2.75, 3.05) is 20.3 Å². The summed E-state index contributed by atoms with van der Waals surface area (Å²) in [7, 11) is -1.72. The number of sulfonamides is 1. The number of ether oxygens (including phenoxy) is 1. The predicted molar refractivity (Wildman–Crippen MR) is 71.2 cm³/mol. The van der Waals surface area contributed by atoms with Gasteiger partial charge in [0.25, 0.3) is 10.0 Å². The van der Waals surface area contributed by atoms with Gasteiger partial charge in [0.15, 0.2) is 5.03 Å². The van der Waals surface area contributed by atoms with Crippen LogP contribution in [0.4, 0.5) is 0 Å². The van der Waals surface area contributed by atoms with E-state index in [0.29, 0.717) is 19.8 Å². The molecule has 7 heteroatoms. The average Bonchev–Trinajstić information content (AvgIpc) is 2.40. The Morgan fingerprint density at radius 1 is 1.47 bits per heavy atom. The third-order valence-corrected chi connectivity index (χ3v) is 4.37. The summed E-state index contributed by atoms with van der Waals surface area (Å²) in [6.07, 6.45) is 3.25. The molecule has 2 heterocycles. The molecule has 0 amide bonds. The van der Waals surface area contributed by atoms with E-state index in [-0.39, 0.29) is 11.1 Å². The Morgan fingerprint density at radius 3 is 2.89 bits per heavy atom. The predicted octanol–water partition coefficient (Wildman–Crippen LogP) is 0.258. The number of hydrogen-bond donors (Lipinski definition) is 2. The van der Waals surface area contributed by atoms with Gasteiger partial charge in [0.05, 0.1) is 6.61 Å². The van der Waals surface area contributed by atoms with Crippen molar-refractivity contribution in [2.45, 2.75) is 30.5 Å². The molecule has 6 nitrogen and oxygen atoms in total. The fourth-order valence-corrected chi connectivity index (χ4v) is 3.18. The lowest BCUT2D eigenvalue weighted by Crippen LogP contribution is -2.40. The summed E-state index contributed by atoms with van der Waals surface area (Å²) in [5.74, 6) is 0. The molecule has 1 aliphatic rings. The molecule has 0 aliphatic carbocycles. The first-order valence-electron chi connectivity index (χ1n) is 6.31. The second-order valence-corrected chi connectivity index (χ2v) is 6.23. The highest BCUT2D eigenvalue weighted by Crippen LogP contribution is 2.11. The monoisotopic (exact) mass is 285 g/mol. The van der Waals surface area contributed by atoms with E-state index in [1.807, 2.05) is 7.05 Å². The van der Waals surface area contributed by atoms with Gasteiger partial charge in [0.1, 0.15) is 0 Å². The highest BCUT2D eigenvalue weighted by molar-refractivity contribution is 7.89. The Balaban J connectivity index is 2.05. The lowest BCUT2D eigenvalue weighted by molar-refractivity contribution is 0.0774. The Morgan fingerprint density at radius 2 is 2.32 bits per heavy atom. The normalized spacial score (nSPS) is 20.4. The zero-order valence-corrected chi connectivity index (χ0v) is 11.7. The summed E-state index contributed by atoms with van der Waals surface area (Å²) >= 11 is 0. The minimum Gasteiger partial charge on any atom is -0.380 e. The second-order valence-electron chi connectivity index (χ2n) is 4.57. The number of aromatic nitrogens is 1. The first kappa shape index (κ1) is 14.4. The van der Waals surface area contributed by atoms with Crippen LogP contribution in [0.25, 0.3) is 0 Å². The van der Waals surface area contributed by atoms with Crippen LogP contribution in [-0.4, -0.2) is 39.7 Å². The van der Waals surface area contributed by atoms with Gasteiger partial charge in [-0.25, -0.2) is 18.1 Å². The maximum absolute atomic E-state index is 12.1. The van der Waals surface area contributed by atoms with Crippen LogP contribution in [0.1, 0.15) is 18.4 Å². The zero-order chi connectivity index (χ0) is 13.7. The van der Waals surface area contributed by atoms with Crippen LogP contribution in [0.3, 0.4) is 0 Å². The molecule has 0 aromatic carbocycles. The molecule has 1 fully saturated rings. The van der Waals surface area contributed by atoms with Gasteiger partial charge in [0, 0.05) is 25.4 Å². The lowest BCUT2D eigenvalue weighted by Gasteiger charge is -2.22. The smallest absolute Gasteiger partial charge is 0.258 e. The van der Waals surface area contributed by atoms with Gasteiger partial charge in [-0.1, -0.05) is 6.07 Å². The fourth-order valence-electron chi connectivity index (χ4n) is 1.99. The number of rotatable bonds is 5. The summed E-state index contributed by atoms with van der Waals surface area (Å²) in [6, 6.07) is 3.13. The van der Waals surface area contributed by atoms with E-state index in [4.69, 9.17) is 4.74 Å². The van der Waals surface area contributed by atoms with Crippen LogP contribution < -0.4 is 10.0 Å². The van der Waals surface area contributed by atoms with Gasteiger partial charge in [0.2, 0.25) is 0 Å². The average molecular weight is 285 g/mol. The quantitative estimate of drug-likeness (QED) is 0.811. The molecule has 1 aromatic rings. The van der Waals surface area contributed by atoms with Crippen molar-refractivity contribution in [3.8, 4) is 0 Å². The van der Waals surface area contributed by atoms with Gasteiger partial charge in [-0.3, -0.25) is 0 Å². The highest BCUT2D eigenvalue weighted by atomic mass is 32.2. The van der Waals surface area contributed by atoms with Gasteiger partial charge < -0.3 is 10.1 Å². The largest absolute Gasteiger partial charge is 0.380 e. The number of nitrogens with one attached hydrogen (secondary N) is 2. The molecule has 1 aliphatic heterocycles. The molecule has 2 N–H and O–H groups in total. The van der Waals surface area contributed by atoms with Crippen molar-refractivity contribution in [3.05, 3.63) is 23.9 Å². The second kappa shape index (κ2) is 6.42. The minimum atomic E-state index is -3.55. The third kappa shape index (κ3) is 3.97. The molecule has 106 valence electrons. The van der Waals surface area contributed by atoms with E-state index >= 15 is 0 Å². The SMILES string of the molecule is CNCc1ccc(S(=O)(=O)NC2CCCOC2)nc1. The van der Waals surface area contributed by atoms with Crippen molar-refractivity contribution in [3.63, 3.8) is 0 Å². The first-order valence-corrected chi connectivity index (χ1v) is 7.80. The summed E-state index contributed by atoms with van der Waals surface area (Å²) in [5, 5.41) is 3.04. The van der Waals surface area contributed by atoms with E-state index < -0.39 is 10.0 Å². The molecule has 1 atom stereocenters. The fraction of sp³-hybridized carbons (Fsp3) is 0.583. The third-order valence-electron chi connectivity index (χ3n) is 2.94. The standard InChI is InChI=1S/C12H19N3O3S/c1-13-7-10-4-5-12(14-8-10)19(16,17)15-11-3-2-6-18-9-11/h4-5,8,11,13,15H,2-3,6-7,9H2,1H3. The summed E-state index contributed by atoms with van der Waals surface area (Å²) < 4.78 is 32.1. The van der Waals surface area contributed by atoms with E-state index in [2.05, 4.69) is 15.0 Å². The molecule has 0 bridgehead atoms. The molecule has 0 saturated carbocycles. The van der Waals surface area contributed by atoms with Crippen molar-refractivity contribution in [1.29, 1.82) is 0 Å². The van der Waals surface area contributed by atoms with Gasteiger partial charge in [-0.15, -0.1) is 0 Å². The van der Waals surface area contributed by atoms with Gasteiger partial charge in [-0.2, -0.15) is 0 Å². The van der Waals surface area contributed by atoms with Gasteiger partial charge >= 0.3 is 0 Å². The molecule has 0 spiro atoms. The van der Waals surface area contributed by atoms with Crippen molar-refractivity contribution in [1.82, 2.24) is 15.0 Å². The van der Waals surface area contributed by atoms with Crippen LogP contribution in [-0.2, 0) is 21.3 Å². The maximum atomic E-state index is 12.1. The molecule has 2 rings (SSSR count). The Hall–Kier alpha value is -1.02. The summed E-state index contributed by atoms with van der Waals surface area (Å²) in [6.45, 7) is 1.80. The van der Waals surface area contributed by atoms with E-state index in [0.717, 1.165) is 18.4 Å². The summed E-state index contributed by atoms with van der Waals surface area (Å²) in [4.78, 5) is 4.00. The molecule has 1 aromatic heterocycles. The Labute approximate surface area is 113 Å². The van der Waals surface area contributed by atoms with Gasteiger partial charge in [-0.05, 0) is 31.5 Å². The van der Waals surface area contributed by atoms with Crippen LogP contribution in [0.2, 0.25) is 0 Å². The topological polar surface area (TPSA) is 80.3 Å². The van der Waals surface area contributed by atoms with Crippen LogP contribution >= 0.6 is 0 Å². The minimum absolute atomic E-state index is 0.0536. The molecule has 19 heavy (non-hydrogen) atoms. The molecular weight excluding hydrogens is 266 g/mol. The Bertz CT molecular complexity index is 495. The van der Waals surface area contributed by atoms with Crippen LogP contribution in [0.5, 0.6) is 0 Å². The van der Waals surface area contributed by atoms with Crippen LogP contribution in [0.15, 0.2) is 23.4 Å². The van der Waals surface area contributed by atoms with Crippen molar-refractivity contribution >= 4 is 10.0 Å². The molecular formula is C12H19N3O3S.